The SMILES string of the molecule is COc1ccc(Cl)cc1C(=O)N1CCN(c2ccc(NC(=O)COc3ccc(C4CCCCC4)cc3)cc2)CC1. The Morgan fingerprint density at radius 2 is 1.60 bits per heavy atom. The minimum atomic E-state index is -0.201. The van der Waals surface area contributed by atoms with Crippen molar-refractivity contribution >= 4 is 34.8 Å². The molecule has 0 unspecified atom stereocenters. The van der Waals surface area contributed by atoms with Crippen LogP contribution in [-0.4, -0.2) is 56.6 Å². The first kappa shape index (κ1) is 27.8. The highest BCUT2D eigenvalue weighted by Gasteiger charge is 2.25. The van der Waals surface area contributed by atoms with Crippen molar-refractivity contribution in [2.45, 2.75) is 38.0 Å². The maximum atomic E-state index is 13.1. The van der Waals surface area contributed by atoms with Crippen LogP contribution in [-0.2, 0) is 4.79 Å². The van der Waals surface area contributed by atoms with Crippen molar-refractivity contribution in [3.05, 3.63) is 82.9 Å². The number of piperazine rings is 1. The van der Waals surface area contributed by atoms with Gasteiger partial charge >= 0.3 is 0 Å². The summed E-state index contributed by atoms with van der Waals surface area (Å²) in [6, 6.07) is 21.0. The average Bonchev–Trinajstić information content (AvgIpc) is 3.01. The lowest BCUT2D eigenvalue weighted by Crippen LogP contribution is -2.48. The van der Waals surface area contributed by atoms with Crippen LogP contribution in [0.2, 0.25) is 5.02 Å². The molecular weight excluding hydrogens is 526 g/mol. The van der Waals surface area contributed by atoms with Gasteiger partial charge in [0.25, 0.3) is 11.8 Å². The van der Waals surface area contributed by atoms with E-state index >= 15 is 0 Å². The van der Waals surface area contributed by atoms with Crippen LogP contribution >= 0.6 is 11.6 Å². The van der Waals surface area contributed by atoms with Crippen molar-refractivity contribution in [3.63, 3.8) is 0 Å². The zero-order chi connectivity index (χ0) is 27.9. The van der Waals surface area contributed by atoms with Crippen LogP contribution < -0.4 is 19.7 Å². The topological polar surface area (TPSA) is 71.1 Å². The van der Waals surface area contributed by atoms with E-state index in [1.165, 1.54) is 37.7 Å². The smallest absolute Gasteiger partial charge is 0.262 e. The van der Waals surface area contributed by atoms with E-state index in [0.717, 1.165) is 5.69 Å². The van der Waals surface area contributed by atoms with Gasteiger partial charge in [0.05, 0.1) is 12.7 Å². The molecule has 2 amide bonds. The van der Waals surface area contributed by atoms with Gasteiger partial charge in [-0.05, 0) is 78.9 Å². The Balaban J connectivity index is 1.08. The highest BCUT2D eigenvalue weighted by molar-refractivity contribution is 6.31. The van der Waals surface area contributed by atoms with E-state index in [1.807, 2.05) is 41.3 Å². The van der Waals surface area contributed by atoms with Gasteiger partial charge in [-0.1, -0.05) is 43.0 Å². The second-order valence-electron chi connectivity index (χ2n) is 10.4. The molecule has 210 valence electrons. The summed E-state index contributed by atoms with van der Waals surface area (Å²) in [5.74, 6) is 1.59. The Kier molecular flexibility index (Phi) is 9.12. The van der Waals surface area contributed by atoms with E-state index in [0.29, 0.717) is 59.9 Å². The third kappa shape index (κ3) is 6.89. The van der Waals surface area contributed by atoms with Crippen molar-refractivity contribution in [2.24, 2.45) is 0 Å². The average molecular weight is 562 g/mol. The van der Waals surface area contributed by atoms with E-state index in [1.54, 1.807) is 25.3 Å². The number of methoxy groups -OCH3 is 1. The number of carbonyl (C=O) groups excluding carboxylic acids is 2. The van der Waals surface area contributed by atoms with Gasteiger partial charge in [0.2, 0.25) is 0 Å². The third-order valence-electron chi connectivity index (χ3n) is 7.80. The Morgan fingerprint density at radius 1 is 0.900 bits per heavy atom. The number of ether oxygens (including phenoxy) is 2. The molecule has 0 spiro atoms. The molecule has 3 aromatic rings. The molecule has 1 heterocycles. The first-order valence-electron chi connectivity index (χ1n) is 14.0. The molecule has 40 heavy (non-hydrogen) atoms. The first-order chi connectivity index (χ1) is 19.5. The quantitative estimate of drug-likeness (QED) is 0.346. The molecule has 5 rings (SSSR count). The van der Waals surface area contributed by atoms with Crippen LogP contribution in [0.4, 0.5) is 11.4 Å². The lowest BCUT2D eigenvalue weighted by atomic mass is 9.84. The number of rotatable bonds is 8. The number of carbonyl (C=O) groups is 2. The van der Waals surface area contributed by atoms with Crippen molar-refractivity contribution in [1.29, 1.82) is 0 Å². The second-order valence-corrected chi connectivity index (χ2v) is 10.8. The predicted octanol–water partition coefficient (Wildman–Crippen LogP) is 6.38. The number of halogens is 1. The standard InChI is InChI=1S/C32H36ClN3O4/c1-39-30-16-9-25(33)21-29(30)32(38)36-19-17-35(18-20-36)27-12-10-26(11-13-27)34-31(37)22-40-28-14-7-24(8-15-28)23-5-3-2-4-6-23/h7-16,21,23H,2-6,17-20,22H2,1H3,(H,34,37). The number of nitrogens with one attached hydrogen (secondary N) is 1. The summed E-state index contributed by atoms with van der Waals surface area (Å²) in [6.07, 6.45) is 6.48. The molecule has 1 aliphatic carbocycles. The molecule has 7 nitrogen and oxygen atoms in total. The molecule has 2 fully saturated rings. The highest BCUT2D eigenvalue weighted by atomic mass is 35.5. The van der Waals surface area contributed by atoms with Crippen LogP contribution in [0.5, 0.6) is 11.5 Å². The highest BCUT2D eigenvalue weighted by Crippen LogP contribution is 2.33. The second kappa shape index (κ2) is 13.1. The van der Waals surface area contributed by atoms with Gasteiger partial charge < -0.3 is 24.6 Å². The van der Waals surface area contributed by atoms with Gasteiger partial charge in [-0.3, -0.25) is 9.59 Å². The normalized spacial score (nSPS) is 15.9. The Morgan fingerprint density at radius 3 is 2.27 bits per heavy atom. The molecule has 3 aromatic carbocycles. The van der Waals surface area contributed by atoms with Crippen molar-refractivity contribution < 1.29 is 19.1 Å². The first-order valence-corrected chi connectivity index (χ1v) is 14.4. The number of amides is 2. The Bertz CT molecular complexity index is 1300. The fraction of sp³-hybridized carbons (Fsp3) is 0.375. The number of hydrogen-bond acceptors (Lipinski definition) is 5. The van der Waals surface area contributed by atoms with E-state index in [4.69, 9.17) is 21.1 Å². The summed E-state index contributed by atoms with van der Waals surface area (Å²) < 4.78 is 11.1. The number of hydrogen-bond donors (Lipinski definition) is 1. The number of anilines is 2. The molecule has 1 saturated heterocycles. The minimum absolute atomic E-state index is 0.0437. The number of nitrogens with zero attached hydrogens (tertiary/aromatic N) is 2. The Hall–Kier alpha value is -3.71. The number of benzene rings is 3. The fourth-order valence-corrected chi connectivity index (χ4v) is 5.73. The fourth-order valence-electron chi connectivity index (χ4n) is 5.56. The van der Waals surface area contributed by atoms with Gasteiger partial charge in [0.1, 0.15) is 11.5 Å². The van der Waals surface area contributed by atoms with Crippen molar-refractivity contribution in [1.82, 2.24) is 4.90 Å². The molecule has 0 aromatic heterocycles. The third-order valence-corrected chi connectivity index (χ3v) is 8.04. The van der Waals surface area contributed by atoms with Crippen LogP contribution in [0.1, 0.15) is 53.9 Å². The molecule has 0 radical (unpaired) electrons. The van der Waals surface area contributed by atoms with Crippen LogP contribution in [0, 0.1) is 0 Å². The van der Waals surface area contributed by atoms with Gasteiger partial charge in [-0.15, -0.1) is 0 Å². The molecule has 8 heteroatoms. The van der Waals surface area contributed by atoms with Crippen molar-refractivity contribution in [2.75, 3.05) is 50.1 Å². The van der Waals surface area contributed by atoms with Crippen LogP contribution in [0.3, 0.4) is 0 Å². The van der Waals surface area contributed by atoms with Gasteiger partial charge in [0, 0.05) is 42.6 Å². The van der Waals surface area contributed by atoms with E-state index in [-0.39, 0.29) is 18.4 Å². The van der Waals surface area contributed by atoms with E-state index < -0.39 is 0 Å². The summed E-state index contributed by atoms with van der Waals surface area (Å²) in [5.41, 5.74) is 3.60. The summed E-state index contributed by atoms with van der Waals surface area (Å²) in [6.45, 7) is 2.54. The largest absolute Gasteiger partial charge is 0.496 e. The zero-order valence-corrected chi connectivity index (χ0v) is 23.7. The Labute approximate surface area is 241 Å². The molecule has 1 aliphatic heterocycles. The summed E-state index contributed by atoms with van der Waals surface area (Å²) in [7, 11) is 1.55. The van der Waals surface area contributed by atoms with Crippen molar-refractivity contribution in [3.8, 4) is 11.5 Å². The monoisotopic (exact) mass is 561 g/mol. The summed E-state index contributed by atoms with van der Waals surface area (Å²) >= 11 is 6.11. The lowest BCUT2D eigenvalue weighted by molar-refractivity contribution is -0.118. The molecular formula is C32H36ClN3O4. The summed E-state index contributed by atoms with van der Waals surface area (Å²) in [4.78, 5) is 29.6. The maximum Gasteiger partial charge on any atom is 0.262 e. The maximum absolute atomic E-state index is 13.1. The molecule has 1 N–H and O–H groups in total. The predicted molar refractivity (Wildman–Crippen MR) is 159 cm³/mol. The van der Waals surface area contributed by atoms with E-state index in [2.05, 4.69) is 22.3 Å². The molecule has 1 saturated carbocycles. The molecule has 0 atom stereocenters. The van der Waals surface area contributed by atoms with Crippen LogP contribution in [0.25, 0.3) is 0 Å². The van der Waals surface area contributed by atoms with Gasteiger partial charge in [0.15, 0.2) is 6.61 Å². The van der Waals surface area contributed by atoms with Gasteiger partial charge in [-0.2, -0.15) is 0 Å². The molecule has 0 bridgehead atoms. The molecule has 2 aliphatic rings. The van der Waals surface area contributed by atoms with E-state index in [9.17, 15) is 9.59 Å². The van der Waals surface area contributed by atoms with Crippen LogP contribution in [0.15, 0.2) is 66.7 Å². The van der Waals surface area contributed by atoms with Gasteiger partial charge in [-0.25, -0.2) is 0 Å². The minimum Gasteiger partial charge on any atom is -0.496 e. The summed E-state index contributed by atoms with van der Waals surface area (Å²) in [5, 5.41) is 3.41. The lowest BCUT2D eigenvalue weighted by Gasteiger charge is -2.36. The zero-order valence-electron chi connectivity index (χ0n) is 22.9.